The Labute approximate surface area is 237 Å². The van der Waals surface area contributed by atoms with Crippen LogP contribution in [-0.2, 0) is 19.1 Å². The van der Waals surface area contributed by atoms with Crippen molar-refractivity contribution in [2.45, 2.75) is 92.3 Å². The molecule has 0 radical (unpaired) electrons. The molecule has 0 spiro atoms. The van der Waals surface area contributed by atoms with Crippen LogP contribution in [-0.4, -0.2) is 40.6 Å². The fraction of sp³-hybridized carbons (Fsp3) is 0.647. The first-order valence-electron chi connectivity index (χ1n) is 15.1. The second-order valence-corrected chi connectivity index (χ2v) is 13.9. The number of aliphatic hydroxyl groups excluding tert-OH is 1. The minimum absolute atomic E-state index is 0.0379. The van der Waals surface area contributed by atoms with E-state index in [1.165, 1.54) is 0 Å². The van der Waals surface area contributed by atoms with E-state index in [1.807, 2.05) is 33.8 Å². The third-order valence-electron chi connectivity index (χ3n) is 11.4. The maximum absolute atomic E-state index is 14.2. The van der Waals surface area contributed by atoms with Gasteiger partial charge in [-0.05, 0) is 66.6 Å². The molecular weight excluding hydrogens is 504 g/mol. The van der Waals surface area contributed by atoms with Gasteiger partial charge in [-0.2, -0.15) is 0 Å². The molecule has 0 bridgehead atoms. The maximum Gasteiger partial charge on any atom is 0.338 e. The number of ketones is 3. The summed E-state index contributed by atoms with van der Waals surface area (Å²) in [5, 5.41) is 11.6. The summed E-state index contributed by atoms with van der Waals surface area (Å²) in [5.41, 5.74) is 1.16. The van der Waals surface area contributed by atoms with Crippen LogP contribution in [0.3, 0.4) is 0 Å². The summed E-state index contributed by atoms with van der Waals surface area (Å²) in [6, 6.07) is 8.76. The quantitative estimate of drug-likeness (QED) is 0.435. The monoisotopic (exact) mass is 548 g/mol. The number of hydrogen-bond acceptors (Lipinski definition) is 6. The Morgan fingerprint density at radius 2 is 1.68 bits per heavy atom. The van der Waals surface area contributed by atoms with Gasteiger partial charge in [0.15, 0.2) is 17.7 Å². The van der Waals surface area contributed by atoms with Crippen molar-refractivity contribution in [2.75, 3.05) is 0 Å². The van der Waals surface area contributed by atoms with E-state index in [4.69, 9.17) is 4.74 Å². The Kier molecular flexibility index (Phi) is 7.48. The molecule has 4 aliphatic carbocycles. The number of rotatable bonds is 7. The fourth-order valence-corrected chi connectivity index (χ4v) is 8.74. The summed E-state index contributed by atoms with van der Waals surface area (Å²) in [7, 11) is 0. The van der Waals surface area contributed by atoms with Crippen molar-refractivity contribution < 1.29 is 29.0 Å². The zero-order chi connectivity index (χ0) is 29.1. The van der Waals surface area contributed by atoms with E-state index in [1.54, 1.807) is 24.3 Å². The highest BCUT2D eigenvalue weighted by molar-refractivity contribution is 6.05. The van der Waals surface area contributed by atoms with Gasteiger partial charge in [0.2, 0.25) is 0 Å². The predicted octanol–water partition coefficient (Wildman–Crippen LogP) is 5.76. The van der Waals surface area contributed by atoms with Gasteiger partial charge in [-0.15, -0.1) is 0 Å². The van der Waals surface area contributed by atoms with Crippen LogP contribution in [0.4, 0.5) is 0 Å². The lowest BCUT2D eigenvalue weighted by atomic mass is 9.57. The molecule has 0 amide bonds. The van der Waals surface area contributed by atoms with Gasteiger partial charge in [-0.1, -0.05) is 59.7 Å². The van der Waals surface area contributed by atoms with E-state index >= 15 is 0 Å². The van der Waals surface area contributed by atoms with Crippen LogP contribution in [0.25, 0.3) is 0 Å². The molecular formula is C34H44O6. The molecule has 2 saturated carbocycles. The first-order chi connectivity index (χ1) is 18.8. The summed E-state index contributed by atoms with van der Waals surface area (Å²) in [6.45, 7) is 12.1. The Morgan fingerprint density at radius 1 is 1.00 bits per heavy atom. The van der Waals surface area contributed by atoms with Gasteiger partial charge in [-0.3, -0.25) is 14.4 Å². The van der Waals surface area contributed by atoms with Crippen LogP contribution in [0.2, 0.25) is 0 Å². The molecule has 6 heteroatoms. The van der Waals surface area contributed by atoms with Gasteiger partial charge < -0.3 is 9.84 Å². The molecule has 2 fully saturated rings. The smallest absolute Gasteiger partial charge is 0.338 e. The van der Waals surface area contributed by atoms with E-state index in [-0.39, 0.29) is 53.4 Å². The van der Waals surface area contributed by atoms with Crippen LogP contribution in [0.1, 0.15) is 90.4 Å². The number of aliphatic hydroxyl groups is 1. The summed E-state index contributed by atoms with van der Waals surface area (Å²) in [6.07, 6.45) is 1.73. The Balaban J connectivity index is 1.43. The number of carbonyl (C=O) groups excluding carboxylic acids is 4. The average molecular weight is 549 g/mol. The molecule has 9 atom stereocenters. The van der Waals surface area contributed by atoms with Gasteiger partial charge in [0, 0.05) is 41.6 Å². The first kappa shape index (κ1) is 28.9. The maximum atomic E-state index is 14.2. The van der Waals surface area contributed by atoms with Crippen LogP contribution in [0, 0.1) is 46.3 Å². The molecule has 0 unspecified atom stereocenters. The van der Waals surface area contributed by atoms with E-state index in [9.17, 15) is 24.3 Å². The highest BCUT2D eigenvalue weighted by atomic mass is 16.5. The van der Waals surface area contributed by atoms with Crippen molar-refractivity contribution in [1.82, 2.24) is 0 Å². The molecule has 1 N–H and O–H groups in total. The number of benzene rings is 1. The van der Waals surface area contributed by atoms with Crippen LogP contribution in [0.15, 0.2) is 41.5 Å². The van der Waals surface area contributed by atoms with Gasteiger partial charge in [0.1, 0.15) is 5.78 Å². The number of esters is 1. The van der Waals surface area contributed by atoms with Gasteiger partial charge in [0.05, 0.1) is 11.7 Å². The van der Waals surface area contributed by atoms with Gasteiger partial charge in [-0.25, -0.2) is 4.79 Å². The van der Waals surface area contributed by atoms with Crippen molar-refractivity contribution in [2.24, 2.45) is 46.3 Å². The highest BCUT2D eigenvalue weighted by Gasteiger charge is 2.64. The number of ether oxygens (including phenoxy) is 1. The van der Waals surface area contributed by atoms with Crippen LogP contribution < -0.4 is 0 Å². The number of Topliss-reactive ketones (excluding diaryl/α,β-unsaturated/α-hetero) is 3. The second-order valence-electron chi connectivity index (χ2n) is 13.9. The van der Waals surface area contributed by atoms with E-state index in [2.05, 4.69) is 13.8 Å². The Bertz CT molecular complexity index is 1250. The number of hydrogen-bond donors (Lipinski definition) is 1. The van der Waals surface area contributed by atoms with Crippen molar-refractivity contribution >= 4 is 23.3 Å². The second kappa shape index (κ2) is 10.3. The van der Waals surface area contributed by atoms with Crippen molar-refractivity contribution in [3.63, 3.8) is 0 Å². The minimum atomic E-state index is -0.880. The SMILES string of the molecule is CC(C)[C@H](C)[C@H](OC(=O)c1ccccc1)C(=O)[C@@H](C)[C@H]1CC[C@H]2C3=C([C@H](O)C[C@]12C)[C@@]1(C)CCC(=O)C[C@H]1C3=O. The zero-order valence-electron chi connectivity index (χ0n) is 24.7. The topological polar surface area (TPSA) is 97.7 Å². The average Bonchev–Trinajstić information content (AvgIpc) is 3.37. The molecule has 0 saturated heterocycles. The zero-order valence-corrected chi connectivity index (χ0v) is 24.7. The predicted molar refractivity (Wildman–Crippen MR) is 151 cm³/mol. The molecule has 40 heavy (non-hydrogen) atoms. The van der Waals surface area contributed by atoms with Gasteiger partial charge >= 0.3 is 5.97 Å². The summed E-state index contributed by atoms with van der Waals surface area (Å²) in [4.78, 5) is 53.4. The molecule has 6 nitrogen and oxygen atoms in total. The molecule has 0 aromatic heterocycles. The number of allylic oxidation sites excluding steroid dienone is 1. The van der Waals surface area contributed by atoms with Crippen molar-refractivity contribution in [1.29, 1.82) is 0 Å². The summed E-state index contributed by atoms with van der Waals surface area (Å²) < 4.78 is 5.93. The lowest BCUT2D eigenvalue weighted by Gasteiger charge is -2.47. The number of fused-ring (bicyclic) bond motifs is 4. The van der Waals surface area contributed by atoms with Gasteiger partial charge in [0.25, 0.3) is 0 Å². The molecule has 1 aromatic rings. The molecule has 216 valence electrons. The molecule has 1 aromatic carbocycles. The molecule has 4 aliphatic rings. The lowest BCUT2D eigenvalue weighted by Crippen LogP contribution is -2.47. The Hall–Kier alpha value is -2.60. The minimum Gasteiger partial charge on any atom is -0.450 e. The fourth-order valence-electron chi connectivity index (χ4n) is 8.74. The van der Waals surface area contributed by atoms with Crippen LogP contribution >= 0.6 is 0 Å². The molecule has 0 aliphatic heterocycles. The standard InChI is InChI=1S/C34H44O6/c1-18(2)19(3)31(40-32(39)21-10-8-7-9-11-21)29(37)20(4)23-12-13-24-27-28(26(36)17-34(23,24)6)33(5)15-14-22(35)16-25(33)30(27)38/h7-11,18-20,23-26,31,36H,12-17H2,1-6H3/t19-,20-,23+,24-,25-,26+,31-,33-,34+/m0/s1. The highest BCUT2D eigenvalue weighted by Crippen LogP contribution is 2.66. The summed E-state index contributed by atoms with van der Waals surface area (Å²) >= 11 is 0. The summed E-state index contributed by atoms with van der Waals surface area (Å²) in [5.74, 6) is -1.33. The first-order valence-corrected chi connectivity index (χ1v) is 15.1. The normalized spacial score (nSPS) is 35.6. The van der Waals surface area contributed by atoms with E-state index in [0.29, 0.717) is 24.8 Å². The van der Waals surface area contributed by atoms with Crippen LogP contribution in [0.5, 0.6) is 0 Å². The van der Waals surface area contributed by atoms with Crippen molar-refractivity contribution in [3.8, 4) is 0 Å². The molecule has 0 heterocycles. The third-order valence-corrected chi connectivity index (χ3v) is 11.4. The Morgan fingerprint density at radius 3 is 2.33 bits per heavy atom. The third kappa shape index (κ3) is 4.42. The molecule has 5 rings (SSSR count). The van der Waals surface area contributed by atoms with E-state index < -0.39 is 34.9 Å². The van der Waals surface area contributed by atoms with E-state index in [0.717, 1.165) is 24.0 Å². The van der Waals surface area contributed by atoms with Crippen molar-refractivity contribution in [3.05, 3.63) is 47.0 Å². The largest absolute Gasteiger partial charge is 0.450 e. The number of carbonyl (C=O) groups is 4. The lowest BCUT2D eigenvalue weighted by molar-refractivity contribution is -0.138.